The van der Waals surface area contributed by atoms with Crippen LogP contribution in [0.4, 0.5) is 5.95 Å². The van der Waals surface area contributed by atoms with Gasteiger partial charge in [-0.2, -0.15) is 13.6 Å². The molecule has 204 valence electrons. The molecule has 2 aromatic heterocycles. The third-order valence-electron chi connectivity index (χ3n) is 4.58. The second-order valence-electron chi connectivity index (χ2n) is 7.49. The Hall–Kier alpha value is -2.38. The molecule has 1 saturated heterocycles. The van der Waals surface area contributed by atoms with Crippen LogP contribution in [0.2, 0.25) is 0 Å². The topological polar surface area (TPSA) is 275 Å². The summed E-state index contributed by atoms with van der Waals surface area (Å²) in [6, 6.07) is 0. The van der Waals surface area contributed by atoms with Crippen molar-refractivity contribution in [1.29, 1.82) is 0 Å². The molecular weight excluding hydrogens is 563 g/mol. The van der Waals surface area contributed by atoms with E-state index in [4.69, 9.17) is 20.3 Å². The number of carbonyl (C=O) groups is 1. The number of hydrogen-bond acceptors (Lipinski definition) is 11. The van der Waals surface area contributed by atoms with Gasteiger partial charge in [-0.1, -0.05) is 11.8 Å². The molecule has 0 bridgehead atoms. The predicted octanol–water partition coefficient (Wildman–Crippen LogP) is -0.185. The number of amides is 1. The number of phosphoric ester groups is 1. The molecule has 37 heavy (non-hydrogen) atoms. The number of nitrogens with zero attached hydrogens (tertiary/aromatic N) is 2. The minimum Gasteiger partial charge on any atom is -0.369 e. The summed E-state index contributed by atoms with van der Waals surface area (Å²) in [5.41, 5.74) is 5.52. The van der Waals surface area contributed by atoms with Gasteiger partial charge in [0.05, 0.1) is 30.2 Å². The maximum atomic E-state index is 12.5. The van der Waals surface area contributed by atoms with Gasteiger partial charge >= 0.3 is 23.5 Å². The molecule has 21 heteroatoms. The number of rotatable bonds is 9. The zero-order chi connectivity index (χ0) is 27.6. The minimum absolute atomic E-state index is 0.0327. The van der Waals surface area contributed by atoms with Gasteiger partial charge in [-0.05, 0) is 12.8 Å². The zero-order valence-electron chi connectivity index (χ0n) is 18.8. The Balaban J connectivity index is 1.74. The number of nitrogen functional groups attached to an aromatic ring is 1. The summed E-state index contributed by atoms with van der Waals surface area (Å²) >= 11 is 0. The monoisotopic (exact) mass is 585 g/mol. The van der Waals surface area contributed by atoms with Crippen LogP contribution in [-0.2, 0) is 36.4 Å². The lowest BCUT2D eigenvalue weighted by Crippen LogP contribution is -2.19. The minimum atomic E-state index is -5.64. The number of aromatic nitrogens is 3. The Morgan fingerprint density at radius 1 is 1.27 bits per heavy atom. The lowest BCUT2D eigenvalue weighted by atomic mass is 10.2. The predicted molar refractivity (Wildman–Crippen MR) is 123 cm³/mol. The highest BCUT2D eigenvalue weighted by Crippen LogP contribution is 2.66. The second-order valence-corrected chi connectivity index (χ2v) is 11.9. The van der Waals surface area contributed by atoms with E-state index in [0.717, 1.165) is 0 Å². The van der Waals surface area contributed by atoms with Crippen LogP contribution in [0, 0.1) is 11.8 Å². The van der Waals surface area contributed by atoms with Crippen LogP contribution in [0.3, 0.4) is 0 Å². The second kappa shape index (κ2) is 11.2. The van der Waals surface area contributed by atoms with E-state index >= 15 is 0 Å². The fraction of sp³-hybridized carbons (Fsp3) is 0.438. The van der Waals surface area contributed by atoms with Crippen LogP contribution >= 0.6 is 23.5 Å². The molecule has 3 heterocycles. The van der Waals surface area contributed by atoms with Crippen molar-refractivity contribution in [3.8, 4) is 11.8 Å². The van der Waals surface area contributed by atoms with Gasteiger partial charge in [-0.25, -0.2) is 13.7 Å². The maximum Gasteiger partial charge on any atom is 0.490 e. The molecule has 0 aliphatic carbocycles. The van der Waals surface area contributed by atoms with Crippen molar-refractivity contribution in [3.63, 3.8) is 0 Å². The fourth-order valence-electron chi connectivity index (χ4n) is 3.29. The number of nitrogens with one attached hydrogen (secondary N) is 2. The molecule has 18 nitrogen and oxygen atoms in total. The molecule has 0 spiro atoms. The Morgan fingerprint density at radius 3 is 2.62 bits per heavy atom. The van der Waals surface area contributed by atoms with Crippen molar-refractivity contribution >= 4 is 46.4 Å². The summed E-state index contributed by atoms with van der Waals surface area (Å²) in [7, 11) is -16.5. The molecule has 2 unspecified atom stereocenters. The summed E-state index contributed by atoms with van der Waals surface area (Å²) < 4.78 is 53.2. The van der Waals surface area contributed by atoms with E-state index in [1.165, 1.54) is 17.7 Å². The Labute approximate surface area is 207 Å². The van der Waals surface area contributed by atoms with Crippen LogP contribution in [0.1, 0.15) is 31.6 Å². The molecule has 1 fully saturated rings. The first-order valence-electron chi connectivity index (χ1n) is 10.1. The van der Waals surface area contributed by atoms with Gasteiger partial charge in [-0.15, -0.1) is 0 Å². The van der Waals surface area contributed by atoms with Crippen LogP contribution < -0.4 is 16.6 Å². The molecule has 0 radical (unpaired) electrons. The number of carbonyl (C=O) groups excluding carboxylic acids is 1. The summed E-state index contributed by atoms with van der Waals surface area (Å²) in [6.45, 7) is 0.729. The van der Waals surface area contributed by atoms with E-state index < -0.39 is 48.0 Å². The highest BCUT2D eigenvalue weighted by molar-refractivity contribution is 7.66. The molecule has 4 atom stereocenters. The van der Waals surface area contributed by atoms with E-state index in [1.807, 2.05) is 0 Å². The first kappa shape index (κ1) is 29.2. The lowest BCUT2D eigenvalue weighted by Gasteiger charge is -2.19. The van der Waals surface area contributed by atoms with E-state index in [9.17, 15) is 33.1 Å². The van der Waals surface area contributed by atoms with Gasteiger partial charge in [0.2, 0.25) is 11.9 Å². The van der Waals surface area contributed by atoms with Crippen LogP contribution in [0.15, 0.2) is 11.0 Å². The standard InChI is InChI=1S/C16H22N5O13P3/c1-9(22)18-6-2-3-10-7-21(14-13(10)15(23)20-16(17)19-14)12-5-4-11(32-12)8-31-36(27,28)34-37(29,30)33-35(24,25)26/h7,11-12H,4-6,8H2,1H3,(H,18,22)(H,27,28)(H,29,30)(H2,24,25,26)(H3,17,19,20,23)/t11-,12+/m0/s1. The summed E-state index contributed by atoms with van der Waals surface area (Å²) in [5.74, 6) is 5.02. The molecule has 3 rings (SSSR count). The van der Waals surface area contributed by atoms with E-state index in [0.29, 0.717) is 6.42 Å². The van der Waals surface area contributed by atoms with Gasteiger partial charge in [0.1, 0.15) is 6.23 Å². The molecule has 2 aromatic rings. The number of H-pyrrole nitrogens is 1. The highest BCUT2D eigenvalue weighted by atomic mass is 31.3. The van der Waals surface area contributed by atoms with Crippen molar-refractivity contribution in [2.75, 3.05) is 18.9 Å². The average Bonchev–Trinajstić information content (AvgIpc) is 3.31. The largest absolute Gasteiger partial charge is 0.490 e. The Morgan fingerprint density at radius 2 is 1.97 bits per heavy atom. The van der Waals surface area contributed by atoms with E-state index in [-0.39, 0.29) is 41.4 Å². The summed E-state index contributed by atoms with van der Waals surface area (Å²) in [5, 5.41) is 2.61. The highest BCUT2D eigenvalue weighted by Gasteiger charge is 2.41. The number of fused-ring (bicyclic) bond motifs is 1. The molecule has 1 aliphatic rings. The lowest BCUT2D eigenvalue weighted by molar-refractivity contribution is -0.118. The van der Waals surface area contributed by atoms with Crippen LogP contribution in [-0.4, -0.2) is 59.3 Å². The fourth-order valence-corrected chi connectivity index (χ4v) is 6.34. The normalized spacial score (nSPS) is 21.1. The van der Waals surface area contributed by atoms with Crippen molar-refractivity contribution in [2.45, 2.75) is 32.1 Å². The van der Waals surface area contributed by atoms with Gasteiger partial charge < -0.3 is 39.9 Å². The Kier molecular flexibility index (Phi) is 8.80. The number of nitrogens with two attached hydrogens (primary N) is 1. The number of anilines is 1. The molecule has 1 amide bonds. The average molecular weight is 585 g/mol. The molecule has 1 aliphatic heterocycles. The summed E-state index contributed by atoms with van der Waals surface area (Å²) in [6.07, 6.45) is 0.448. The van der Waals surface area contributed by atoms with E-state index in [2.05, 4.69) is 40.3 Å². The van der Waals surface area contributed by atoms with Gasteiger partial charge in [0, 0.05) is 13.1 Å². The number of aromatic amines is 1. The van der Waals surface area contributed by atoms with Crippen molar-refractivity contribution in [2.24, 2.45) is 0 Å². The third-order valence-corrected chi connectivity index (χ3v) is 8.39. The SMILES string of the molecule is CC(=O)NCC#Cc1cn([C@H]2CC[C@@H](COP(=O)(O)OP(=O)(O)OP(=O)(O)O)O2)c2nc(N)[nH]c(=O)c12. The van der Waals surface area contributed by atoms with E-state index in [1.54, 1.807) is 0 Å². The van der Waals surface area contributed by atoms with Crippen molar-refractivity contribution in [3.05, 3.63) is 22.1 Å². The zero-order valence-corrected chi connectivity index (χ0v) is 21.5. The number of phosphoric acid groups is 3. The molecule has 8 N–H and O–H groups in total. The molecule has 0 saturated carbocycles. The van der Waals surface area contributed by atoms with Gasteiger partial charge in [-0.3, -0.25) is 19.1 Å². The smallest absolute Gasteiger partial charge is 0.369 e. The van der Waals surface area contributed by atoms with Crippen molar-refractivity contribution < 1.29 is 55.9 Å². The summed E-state index contributed by atoms with van der Waals surface area (Å²) in [4.78, 5) is 66.0. The molecule has 0 aromatic carbocycles. The maximum absolute atomic E-state index is 12.5. The van der Waals surface area contributed by atoms with Crippen molar-refractivity contribution in [1.82, 2.24) is 19.9 Å². The van der Waals surface area contributed by atoms with Gasteiger partial charge in [0.15, 0.2) is 5.65 Å². The van der Waals surface area contributed by atoms with Crippen LogP contribution in [0.5, 0.6) is 0 Å². The number of ether oxygens (including phenoxy) is 1. The number of hydrogen-bond donors (Lipinski definition) is 7. The Bertz CT molecular complexity index is 1450. The quantitative estimate of drug-likeness (QED) is 0.148. The van der Waals surface area contributed by atoms with Gasteiger partial charge in [0.25, 0.3) is 5.56 Å². The first-order chi connectivity index (χ1) is 17.1. The first-order valence-corrected chi connectivity index (χ1v) is 14.6. The van der Waals surface area contributed by atoms with Crippen LogP contribution in [0.25, 0.3) is 11.0 Å². The third kappa shape index (κ3) is 8.30. The molecular formula is C16H22N5O13P3.